The van der Waals surface area contributed by atoms with Crippen molar-refractivity contribution < 1.29 is 32.9 Å². The fourth-order valence-electron chi connectivity index (χ4n) is 5.51. The number of ether oxygens (including phenoxy) is 2. The van der Waals surface area contributed by atoms with Gasteiger partial charge in [0.2, 0.25) is 6.41 Å². The van der Waals surface area contributed by atoms with E-state index in [2.05, 4.69) is 5.32 Å². The van der Waals surface area contributed by atoms with Crippen LogP contribution < -0.4 is 5.32 Å². The van der Waals surface area contributed by atoms with Gasteiger partial charge in [0.1, 0.15) is 12.0 Å². The maximum absolute atomic E-state index is 14.1. The lowest BCUT2D eigenvalue weighted by Gasteiger charge is -2.56. The lowest BCUT2D eigenvalue weighted by Crippen LogP contribution is -2.83. The summed E-state index contributed by atoms with van der Waals surface area (Å²) in [6, 6.07) is 18.6. The number of β-lactam (4-membered cyclic amide) rings is 1. The summed E-state index contributed by atoms with van der Waals surface area (Å²) in [5, 5.41) is 1.32. The van der Waals surface area contributed by atoms with Crippen LogP contribution in [-0.4, -0.2) is 75.1 Å². The highest BCUT2D eigenvalue weighted by Gasteiger charge is 2.68. The van der Waals surface area contributed by atoms with Gasteiger partial charge in [0.25, 0.3) is 12.4 Å². The maximum atomic E-state index is 14.1. The predicted molar refractivity (Wildman–Crippen MR) is 141 cm³/mol. The van der Waals surface area contributed by atoms with Crippen molar-refractivity contribution in [1.29, 1.82) is 0 Å². The number of nitrogens with zero attached hydrogens (tertiary/aromatic N) is 2. The molecule has 2 saturated heterocycles. The van der Waals surface area contributed by atoms with Crippen LogP contribution in [0.3, 0.4) is 0 Å². The molecule has 0 aromatic heterocycles. The number of nitrogens with one attached hydrogen (secondary N) is 1. The Bertz CT molecular complexity index is 1260. The van der Waals surface area contributed by atoms with Crippen LogP contribution in [0, 0.1) is 0 Å². The van der Waals surface area contributed by atoms with Crippen LogP contribution in [0.1, 0.15) is 36.5 Å². The molecule has 11 heteroatoms. The number of piperidine rings is 1. The van der Waals surface area contributed by atoms with Crippen molar-refractivity contribution in [3.8, 4) is 0 Å². The Morgan fingerprint density at radius 2 is 1.64 bits per heavy atom. The fraction of sp³-hybridized carbons (Fsp3) is 0.357. The highest BCUT2D eigenvalue weighted by atomic mass is 32.2. The van der Waals surface area contributed by atoms with E-state index in [4.69, 9.17) is 9.47 Å². The molecule has 2 aromatic rings. The molecule has 2 fully saturated rings. The summed E-state index contributed by atoms with van der Waals surface area (Å²) in [4.78, 5) is 53.2. The predicted octanol–water partition coefficient (Wildman–Crippen LogP) is 1.61. The highest BCUT2D eigenvalue weighted by Crippen LogP contribution is 2.43. The van der Waals surface area contributed by atoms with Crippen molar-refractivity contribution in [2.75, 3.05) is 25.4 Å². The Labute approximate surface area is 228 Å². The maximum Gasteiger partial charge on any atom is 0.357 e. The van der Waals surface area contributed by atoms with E-state index < -0.39 is 46.3 Å². The molecule has 3 aliphatic heterocycles. The Kier molecular flexibility index (Phi) is 7.78. The van der Waals surface area contributed by atoms with Gasteiger partial charge >= 0.3 is 5.97 Å². The number of rotatable bonds is 10. The third-order valence-corrected chi connectivity index (χ3v) is 9.02. The van der Waals surface area contributed by atoms with Gasteiger partial charge in [-0.25, -0.2) is 4.79 Å². The Morgan fingerprint density at radius 3 is 2.21 bits per heavy atom. The normalized spacial score (nSPS) is 24.5. The molecule has 2 amide bonds. The number of amides is 2. The summed E-state index contributed by atoms with van der Waals surface area (Å²) in [5.41, 5.74) is 0.264. The summed E-state index contributed by atoms with van der Waals surface area (Å²) >= 11 is 0. The van der Waals surface area contributed by atoms with E-state index in [0.717, 1.165) is 35.3 Å². The minimum Gasteiger partial charge on any atom is -0.465 e. The molecule has 1 N–H and O–H groups in total. The number of fused-ring (bicyclic) bond motifs is 1. The third-order valence-electron chi connectivity index (χ3n) is 7.35. The smallest absolute Gasteiger partial charge is 0.357 e. The average molecular weight is 552 g/mol. The number of likely N-dealkylation sites (tertiary alicyclic amines) is 1. The first kappa shape index (κ1) is 26.6. The summed E-state index contributed by atoms with van der Waals surface area (Å²) in [7, 11) is -1.70. The van der Waals surface area contributed by atoms with Gasteiger partial charge < -0.3 is 19.7 Å². The summed E-state index contributed by atoms with van der Waals surface area (Å²) < 4.78 is 24.5. The molecular formula is C28H29N3O7S. The second kappa shape index (κ2) is 11.4. The summed E-state index contributed by atoms with van der Waals surface area (Å²) in [6.07, 6.45) is 2.39. The van der Waals surface area contributed by atoms with Gasteiger partial charge in [0, 0.05) is 13.1 Å². The highest BCUT2D eigenvalue weighted by molar-refractivity contribution is 7.86. The first-order valence-corrected chi connectivity index (χ1v) is 14.2. The number of carbonyl (C=O) groups is 4. The lowest BCUT2D eigenvalue weighted by molar-refractivity contribution is -0.166. The van der Waals surface area contributed by atoms with E-state index in [9.17, 15) is 23.4 Å². The van der Waals surface area contributed by atoms with Gasteiger partial charge in [-0.15, -0.1) is 0 Å². The van der Waals surface area contributed by atoms with Crippen molar-refractivity contribution in [3.05, 3.63) is 83.2 Å². The quantitative estimate of drug-likeness (QED) is 0.269. The standard InChI is InChI=1S/C28H29N3O7S/c32-18-29-28(17-37-19-33)26(35)31-23(22(16-39(36)27(28)31)30-14-8-3-9-15-30)25(34)38-24(20-10-4-1-5-11-20)21-12-6-2-7-13-21/h1-2,4-7,10-13,18-19,24,27H,3,8-9,14-17H2,(H,29,32)/t27-,28?,39?/m0/s1. The first-order valence-electron chi connectivity index (χ1n) is 12.8. The largest absolute Gasteiger partial charge is 0.465 e. The SMILES string of the molecule is O=CNC1(COC=O)C(=O)N2C(C(=O)OC(c3ccccc3)c3ccccc3)=C(N3CCCCC3)CS(=O)[C@H]21. The number of hydrogen-bond acceptors (Lipinski definition) is 8. The third kappa shape index (κ3) is 4.82. The average Bonchev–Trinajstić information content (AvgIpc) is 2.98. The molecule has 0 radical (unpaired) electrons. The van der Waals surface area contributed by atoms with E-state index in [1.165, 1.54) is 0 Å². The molecule has 10 nitrogen and oxygen atoms in total. The Morgan fingerprint density at radius 1 is 1.03 bits per heavy atom. The first-order chi connectivity index (χ1) is 19.0. The van der Waals surface area contributed by atoms with E-state index in [0.29, 0.717) is 25.2 Å². The van der Waals surface area contributed by atoms with Gasteiger partial charge in [-0.2, -0.15) is 0 Å². The molecule has 0 bridgehead atoms. The zero-order chi connectivity index (χ0) is 27.4. The molecular weight excluding hydrogens is 522 g/mol. The Balaban J connectivity index is 1.56. The van der Waals surface area contributed by atoms with Gasteiger partial charge in [-0.3, -0.25) is 23.5 Å². The van der Waals surface area contributed by atoms with Crippen molar-refractivity contribution in [2.24, 2.45) is 0 Å². The Hall–Kier alpha value is -3.99. The van der Waals surface area contributed by atoms with E-state index in [1.54, 1.807) is 0 Å². The van der Waals surface area contributed by atoms with Crippen molar-refractivity contribution >= 4 is 35.6 Å². The van der Waals surface area contributed by atoms with Gasteiger partial charge in [-0.05, 0) is 30.4 Å². The number of esters is 1. The van der Waals surface area contributed by atoms with Gasteiger partial charge in [0.05, 0.1) is 22.2 Å². The van der Waals surface area contributed by atoms with Crippen molar-refractivity contribution in [3.63, 3.8) is 0 Å². The van der Waals surface area contributed by atoms with Gasteiger partial charge in [-0.1, -0.05) is 60.7 Å². The van der Waals surface area contributed by atoms with Crippen LogP contribution in [0.5, 0.6) is 0 Å². The van der Waals surface area contributed by atoms with E-state index in [-0.39, 0.29) is 17.9 Å². The molecule has 5 rings (SSSR count). The monoisotopic (exact) mass is 551 g/mol. The van der Waals surface area contributed by atoms with Gasteiger partial charge in [0.15, 0.2) is 17.3 Å². The van der Waals surface area contributed by atoms with Crippen LogP contribution in [-0.2, 0) is 39.5 Å². The summed E-state index contributed by atoms with van der Waals surface area (Å²) in [5.74, 6) is -1.44. The molecule has 3 atom stereocenters. The molecule has 2 unspecified atom stereocenters. The van der Waals surface area contributed by atoms with Crippen LogP contribution in [0.4, 0.5) is 0 Å². The topological polar surface area (TPSA) is 122 Å². The number of carbonyl (C=O) groups excluding carboxylic acids is 4. The zero-order valence-corrected chi connectivity index (χ0v) is 22.0. The minimum absolute atomic E-state index is 0.0103. The molecule has 0 aliphatic carbocycles. The van der Waals surface area contributed by atoms with Crippen molar-refractivity contribution in [1.82, 2.24) is 15.1 Å². The summed E-state index contributed by atoms with van der Waals surface area (Å²) in [6.45, 7) is 0.967. The molecule has 0 saturated carbocycles. The van der Waals surface area contributed by atoms with Crippen LogP contribution in [0.25, 0.3) is 0 Å². The van der Waals surface area contributed by atoms with E-state index >= 15 is 0 Å². The van der Waals surface area contributed by atoms with Crippen LogP contribution >= 0.6 is 0 Å². The molecule has 0 spiro atoms. The molecule has 39 heavy (non-hydrogen) atoms. The van der Waals surface area contributed by atoms with Crippen LogP contribution in [0.15, 0.2) is 72.1 Å². The number of benzene rings is 2. The molecule has 2 aromatic carbocycles. The number of hydrogen-bond donors (Lipinski definition) is 1. The second-order valence-electron chi connectivity index (χ2n) is 9.64. The molecule has 204 valence electrons. The molecule has 3 aliphatic rings. The van der Waals surface area contributed by atoms with Crippen molar-refractivity contribution in [2.45, 2.75) is 36.3 Å². The minimum atomic E-state index is -1.73. The second-order valence-corrected chi connectivity index (χ2v) is 11.1. The lowest BCUT2D eigenvalue weighted by atomic mass is 9.87. The molecule has 3 heterocycles. The van der Waals surface area contributed by atoms with E-state index in [1.807, 2.05) is 65.6 Å². The van der Waals surface area contributed by atoms with Crippen LogP contribution in [0.2, 0.25) is 0 Å². The fourth-order valence-corrected chi connectivity index (χ4v) is 7.38. The zero-order valence-electron chi connectivity index (χ0n) is 21.2.